The number of benzene rings is 2. The number of aromatic hydroxyl groups is 1. The van der Waals surface area contributed by atoms with E-state index in [1.54, 1.807) is 64.1 Å². The van der Waals surface area contributed by atoms with Gasteiger partial charge in [0.25, 0.3) is 0 Å². The molecule has 3 unspecified atom stereocenters. The molecule has 1 heterocycles. The number of phenolic OH excluding ortho intramolecular Hbond substituents is 1. The molecule has 1 aliphatic rings. The van der Waals surface area contributed by atoms with Crippen LogP contribution in [0.25, 0.3) is 0 Å². The molecule has 0 bridgehead atoms. The van der Waals surface area contributed by atoms with Gasteiger partial charge in [-0.2, -0.15) is 0 Å². The molecule has 1 fully saturated rings. The lowest BCUT2D eigenvalue weighted by Crippen LogP contribution is -2.61. The zero-order valence-corrected chi connectivity index (χ0v) is 27.1. The highest BCUT2D eigenvalue weighted by Crippen LogP contribution is 2.46. The molecule has 1 aliphatic heterocycles. The Morgan fingerprint density at radius 2 is 1.51 bits per heavy atom. The van der Waals surface area contributed by atoms with Crippen LogP contribution in [0.1, 0.15) is 38.8 Å². The summed E-state index contributed by atoms with van der Waals surface area (Å²) < 4.78 is -2.17. The van der Waals surface area contributed by atoms with Crippen LogP contribution in [0.3, 0.4) is 0 Å². The average molecular weight is 661 g/mol. The molecule has 0 aliphatic carbocycles. The van der Waals surface area contributed by atoms with Gasteiger partial charge in [-0.05, 0) is 69.5 Å². The van der Waals surface area contributed by atoms with Gasteiger partial charge in [-0.1, -0.05) is 45.9 Å². The number of rotatable bonds is 7. The van der Waals surface area contributed by atoms with Crippen LogP contribution in [-0.4, -0.2) is 80.0 Å². The fraction of sp³-hybridized carbons (Fsp3) is 0.433. The minimum Gasteiger partial charge on any atom is -0.508 e. The van der Waals surface area contributed by atoms with E-state index in [0.717, 1.165) is 21.6 Å². The normalized spacial score (nSPS) is 23.0. The fourth-order valence-corrected chi connectivity index (χ4v) is 7.30. The molecule has 0 spiro atoms. The van der Waals surface area contributed by atoms with Crippen molar-refractivity contribution in [2.24, 2.45) is 5.73 Å². The van der Waals surface area contributed by atoms with Crippen LogP contribution >= 0.6 is 21.6 Å². The van der Waals surface area contributed by atoms with Crippen molar-refractivity contribution < 1.29 is 34.2 Å². The number of carbonyl (C=O) groups excluding carboxylic acids is 4. The maximum Gasteiger partial charge on any atom is 0.327 e. The Kier molecular flexibility index (Phi) is 11.8. The minimum absolute atomic E-state index is 0.0328. The first-order chi connectivity index (χ1) is 21.0. The van der Waals surface area contributed by atoms with Crippen molar-refractivity contribution in [3.63, 3.8) is 0 Å². The number of nitrogens with one attached hydrogen (secondary N) is 4. The first kappa shape index (κ1) is 35.5. The summed E-state index contributed by atoms with van der Waals surface area (Å²) >= 11 is 0. The van der Waals surface area contributed by atoms with Gasteiger partial charge in [-0.25, -0.2) is 4.79 Å². The molecule has 1 saturated heterocycles. The second-order valence-corrected chi connectivity index (χ2v) is 15.3. The summed E-state index contributed by atoms with van der Waals surface area (Å²) in [6.45, 7) is 6.15. The Balaban J connectivity index is 1.89. The second kappa shape index (κ2) is 14.9. The number of phenols is 1. The van der Waals surface area contributed by atoms with Gasteiger partial charge in [0.1, 0.15) is 23.9 Å². The highest BCUT2D eigenvalue weighted by Gasteiger charge is 2.44. The number of carboxylic acid groups (broad SMARTS) is 1. The SMILES string of the molecule is CC1(C)SSC(C)(C)[C@H](NC(=O)C(N)Cc2ccc(O)cc2)C(=O)NCC(=O)NC(Cc2ccc(N)cc2)C(=O)NC1C(=O)O. The molecular weight excluding hydrogens is 620 g/mol. The summed E-state index contributed by atoms with van der Waals surface area (Å²) in [6, 6.07) is 8.09. The number of hydrogen-bond donors (Lipinski definition) is 8. The number of anilines is 1. The Labute approximate surface area is 269 Å². The summed E-state index contributed by atoms with van der Waals surface area (Å²) in [5.41, 5.74) is 13.8. The average Bonchev–Trinajstić information content (AvgIpc) is 2.97. The van der Waals surface area contributed by atoms with E-state index in [1.807, 2.05) is 0 Å². The van der Waals surface area contributed by atoms with Gasteiger partial charge in [-0.15, -0.1) is 0 Å². The van der Waals surface area contributed by atoms with E-state index in [9.17, 15) is 34.2 Å². The number of nitrogen functional groups attached to an aromatic ring is 1. The third kappa shape index (κ3) is 10.0. The van der Waals surface area contributed by atoms with Crippen molar-refractivity contribution in [3.8, 4) is 5.75 Å². The first-order valence-corrected chi connectivity index (χ1v) is 16.3. The predicted octanol–water partition coefficient (Wildman–Crippen LogP) is 0.694. The van der Waals surface area contributed by atoms with E-state index < -0.39 is 69.8 Å². The molecule has 0 radical (unpaired) electrons. The Morgan fingerprint density at radius 3 is 2.11 bits per heavy atom. The molecule has 2 aromatic rings. The monoisotopic (exact) mass is 660 g/mol. The summed E-state index contributed by atoms with van der Waals surface area (Å²) in [6.07, 6.45) is 0.165. The quantitative estimate of drug-likeness (QED) is 0.152. The zero-order valence-electron chi connectivity index (χ0n) is 25.5. The number of carbonyl (C=O) groups is 5. The van der Waals surface area contributed by atoms with E-state index in [2.05, 4.69) is 21.3 Å². The van der Waals surface area contributed by atoms with Crippen molar-refractivity contribution in [1.29, 1.82) is 0 Å². The molecule has 0 saturated carbocycles. The lowest BCUT2D eigenvalue weighted by Gasteiger charge is -2.38. The van der Waals surface area contributed by atoms with Crippen LogP contribution in [0.4, 0.5) is 5.69 Å². The summed E-state index contributed by atoms with van der Waals surface area (Å²) in [5, 5.41) is 30.1. The molecule has 10 N–H and O–H groups in total. The molecule has 4 atom stereocenters. The van der Waals surface area contributed by atoms with Gasteiger partial charge in [0.15, 0.2) is 0 Å². The van der Waals surface area contributed by atoms with Crippen LogP contribution in [0, 0.1) is 0 Å². The topological polar surface area (TPSA) is 226 Å². The largest absolute Gasteiger partial charge is 0.508 e. The Hall–Kier alpha value is -3.95. The van der Waals surface area contributed by atoms with Crippen molar-refractivity contribution >= 4 is 56.9 Å². The third-order valence-corrected chi connectivity index (χ3v) is 11.4. The lowest BCUT2D eigenvalue weighted by atomic mass is 10.00. The third-order valence-electron chi connectivity index (χ3n) is 7.17. The molecule has 3 rings (SSSR count). The lowest BCUT2D eigenvalue weighted by molar-refractivity contribution is -0.143. The van der Waals surface area contributed by atoms with Gasteiger partial charge in [0.05, 0.1) is 17.3 Å². The second-order valence-electron chi connectivity index (χ2n) is 11.9. The van der Waals surface area contributed by atoms with Crippen molar-refractivity contribution in [1.82, 2.24) is 21.3 Å². The number of carboxylic acids is 1. The van der Waals surface area contributed by atoms with E-state index in [-0.39, 0.29) is 18.6 Å². The van der Waals surface area contributed by atoms with E-state index in [4.69, 9.17) is 11.5 Å². The number of nitrogens with two attached hydrogens (primary N) is 2. The molecular formula is C30H40N6O7S2. The fourth-order valence-electron chi connectivity index (χ4n) is 4.48. The molecule has 0 aromatic heterocycles. The smallest absolute Gasteiger partial charge is 0.327 e. The molecule has 15 heteroatoms. The van der Waals surface area contributed by atoms with E-state index >= 15 is 0 Å². The van der Waals surface area contributed by atoms with Crippen LogP contribution < -0.4 is 32.7 Å². The minimum atomic E-state index is -1.38. The van der Waals surface area contributed by atoms with Crippen molar-refractivity contribution in [2.75, 3.05) is 12.3 Å². The molecule has 244 valence electrons. The summed E-state index contributed by atoms with van der Waals surface area (Å²) in [4.78, 5) is 65.5. The zero-order chi connectivity index (χ0) is 33.5. The molecule has 2 aromatic carbocycles. The number of amides is 4. The van der Waals surface area contributed by atoms with Crippen LogP contribution in [0.5, 0.6) is 5.75 Å². The highest BCUT2D eigenvalue weighted by atomic mass is 33.1. The molecule has 45 heavy (non-hydrogen) atoms. The summed E-state index contributed by atoms with van der Waals surface area (Å²) in [5.74, 6) is -3.91. The first-order valence-electron chi connectivity index (χ1n) is 14.1. The Bertz CT molecular complexity index is 1400. The highest BCUT2D eigenvalue weighted by molar-refractivity contribution is 8.77. The van der Waals surface area contributed by atoms with Gasteiger partial charge in [0.2, 0.25) is 23.6 Å². The molecule has 4 amide bonds. The van der Waals surface area contributed by atoms with Crippen LogP contribution in [0.2, 0.25) is 0 Å². The van der Waals surface area contributed by atoms with Gasteiger partial charge in [0, 0.05) is 16.9 Å². The standard InChI is InChI=1S/C30H40N6O7S2/c1-29(2)23(35-25(39)20(32)13-16-7-11-19(37)12-8-16)27(41)33-15-22(38)34-21(14-17-5-9-18(31)10-6-17)26(40)36-24(28(42)43)30(3,4)45-44-29/h5-12,20-21,23-24,37H,13-15,31-32H2,1-4H3,(H,33,41)(H,34,38)(H,35,39)(H,36,40)(H,42,43)/t20?,21?,23-,24?/m1/s1. The maximum absolute atomic E-state index is 13.5. The predicted molar refractivity (Wildman–Crippen MR) is 174 cm³/mol. The van der Waals surface area contributed by atoms with E-state index in [0.29, 0.717) is 16.8 Å². The summed E-state index contributed by atoms with van der Waals surface area (Å²) in [7, 11) is 2.29. The van der Waals surface area contributed by atoms with Crippen LogP contribution in [-0.2, 0) is 36.8 Å². The molecule has 13 nitrogen and oxygen atoms in total. The van der Waals surface area contributed by atoms with Gasteiger partial charge < -0.3 is 42.9 Å². The number of aliphatic carboxylic acids is 1. The van der Waals surface area contributed by atoms with Gasteiger partial charge in [-0.3, -0.25) is 19.2 Å². The Morgan fingerprint density at radius 1 is 0.933 bits per heavy atom. The van der Waals surface area contributed by atoms with Crippen molar-refractivity contribution in [2.45, 2.75) is 74.2 Å². The van der Waals surface area contributed by atoms with Crippen molar-refractivity contribution in [3.05, 3.63) is 59.7 Å². The van der Waals surface area contributed by atoms with Crippen LogP contribution in [0.15, 0.2) is 48.5 Å². The van der Waals surface area contributed by atoms with Gasteiger partial charge >= 0.3 is 5.97 Å². The maximum atomic E-state index is 13.5. The number of hydrogen-bond acceptors (Lipinski definition) is 10. The van der Waals surface area contributed by atoms with E-state index in [1.165, 1.54) is 12.1 Å².